The molecule has 3 aromatic heterocycles. The van der Waals surface area contributed by atoms with Crippen LogP contribution >= 0.6 is 11.6 Å². The van der Waals surface area contributed by atoms with Gasteiger partial charge in [-0.2, -0.15) is 13.2 Å². The molecule has 1 aliphatic heterocycles. The number of alkyl halides is 3. The van der Waals surface area contributed by atoms with Crippen molar-refractivity contribution in [3.63, 3.8) is 0 Å². The molecule has 0 aliphatic carbocycles. The standard InChI is InChI=1S/C33H37ClF3N9O2/c1-7-22-16-44(11-12-45(22)20(4)25-13-19(3)39-18-40-25)30-26(8-2)46(32-29(31(30)48)42-27(15-38-32)43(5)6)17-28(47)41-24-10-9-21(14-23(24)34)33(35,36)37/h9-10,13-15,18,22H,4,7-8,11-12,16-17H2,1-3,5-6H3,(H,41,47). The topological polar surface area (TPSA) is 112 Å². The fourth-order valence-electron chi connectivity index (χ4n) is 5.94. The summed E-state index contributed by atoms with van der Waals surface area (Å²) in [6.45, 7) is 11.5. The number of anilines is 3. The summed E-state index contributed by atoms with van der Waals surface area (Å²) in [5.74, 6) is -0.0940. The van der Waals surface area contributed by atoms with Crippen molar-refractivity contribution in [3.8, 4) is 0 Å². The summed E-state index contributed by atoms with van der Waals surface area (Å²) < 4.78 is 41.2. The molecular weight excluding hydrogens is 647 g/mol. The average molecular weight is 684 g/mol. The molecule has 4 heterocycles. The Morgan fingerprint density at radius 3 is 2.52 bits per heavy atom. The number of pyridine rings is 1. The van der Waals surface area contributed by atoms with Gasteiger partial charge < -0.3 is 24.6 Å². The number of hydrogen-bond donors (Lipinski definition) is 1. The highest BCUT2D eigenvalue weighted by Gasteiger charge is 2.33. The van der Waals surface area contributed by atoms with Crippen molar-refractivity contribution in [2.24, 2.45) is 0 Å². The second-order valence-corrected chi connectivity index (χ2v) is 12.2. The van der Waals surface area contributed by atoms with Crippen LogP contribution < -0.4 is 20.5 Å². The summed E-state index contributed by atoms with van der Waals surface area (Å²) in [7, 11) is 3.57. The molecule has 1 fully saturated rings. The summed E-state index contributed by atoms with van der Waals surface area (Å²) in [4.78, 5) is 51.5. The quantitative estimate of drug-likeness (QED) is 0.248. The molecule has 1 saturated heterocycles. The number of halogens is 4. The normalized spacial score (nSPS) is 15.1. The highest BCUT2D eigenvalue weighted by Crippen LogP contribution is 2.34. The van der Waals surface area contributed by atoms with Gasteiger partial charge in [-0.3, -0.25) is 9.59 Å². The van der Waals surface area contributed by atoms with Crippen LogP contribution in [0.4, 0.5) is 30.4 Å². The molecule has 1 atom stereocenters. The van der Waals surface area contributed by atoms with Gasteiger partial charge in [0.15, 0.2) is 11.2 Å². The van der Waals surface area contributed by atoms with Gasteiger partial charge in [0.05, 0.1) is 33.9 Å². The Morgan fingerprint density at radius 2 is 1.90 bits per heavy atom. The van der Waals surface area contributed by atoms with Crippen LogP contribution in [0.1, 0.15) is 42.9 Å². The minimum Gasteiger partial charge on any atom is -0.364 e. The van der Waals surface area contributed by atoms with Crippen LogP contribution in [0.3, 0.4) is 0 Å². The maximum absolute atomic E-state index is 14.3. The van der Waals surface area contributed by atoms with Crippen molar-refractivity contribution in [2.75, 3.05) is 48.8 Å². The maximum Gasteiger partial charge on any atom is 0.416 e. The first-order valence-corrected chi connectivity index (χ1v) is 15.9. The summed E-state index contributed by atoms with van der Waals surface area (Å²) in [5.41, 5.74) is 2.49. The number of fused-ring (bicyclic) bond motifs is 1. The largest absolute Gasteiger partial charge is 0.416 e. The van der Waals surface area contributed by atoms with E-state index < -0.39 is 17.6 Å². The molecule has 1 unspecified atom stereocenters. The Bertz CT molecular complexity index is 1930. The predicted molar refractivity (Wildman–Crippen MR) is 181 cm³/mol. The van der Waals surface area contributed by atoms with E-state index in [0.717, 1.165) is 41.7 Å². The third-order valence-corrected chi connectivity index (χ3v) is 8.72. The summed E-state index contributed by atoms with van der Waals surface area (Å²) in [5, 5.41) is 2.36. The van der Waals surface area contributed by atoms with Gasteiger partial charge in [0.2, 0.25) is 11.3 Å². The SMILES string of the molecule is C=C(c1cc(C)ncn1)N1CCN(c2c(CC)n(CC(=O)Nc3ccc(C(F)(F)F)cc3Cl)c3ncc(N(C)C)nc3c2=O)CC1CC. The van der Waals surface area contributed by atoms with E-state index in [9.17, 15) is 22.8 Å². The Labute approximate surface area is 281 Å². The zero-order valence-electron chi connectivity index (χ0n) is 27.4. The smallest absolute Gasteiger partial charge is 0.364 e. The van der Waals surface area contributed by atoms with Crippen LogP contribution in [-0.4, -0.2) is 75.1 Å². The molecule has 0 radical (unpaired) electrons. The number of carbonyl (C=O) groups is 1. The Hall–Kier alpha value is -4.72. The van der Waals surface area contributed by atoms with Crippen LogP contribution in [0, 0.1) is 6.92 Å². The van der Waals surface area contributed by atoms with Gasteiger partial charge in [-0.15, -0.1) is 0 Å². The first-order valence-electron chi connectivity index (χ1n) is 15.5. The van der Waals surface area contributed by atoms with E-state index in [0.29, 0.717) is 43.3 Å². The second kappa shape index (κ2) is 13.8. The van der Waals surface area contributed by atoms with Crippen molar-refractivity contribution in [2.45, 2.75) is 52.4 Å². The number of nitrogens with zero attached hydrogens (tertiary/aromatic N) is 8. The van der Waals surface area contributed by atoms with E-state index in [1.54, 1.807) is 23.6 Å². The van der Waals surface area contributed by atoms with Crippen LogP contribution in [0.15, 0.2) is 48.2 Å². The molecule has 11 nitrogen and oxygen atoms in total. The number of piperazine rings is 1. The number of nitrogens with one attached hydrogen (secondary N) is 1. The molecule has 1 aliphatic rings. The van der Waals surface area contributed by atoms with Crippen LogP contribution in [0.2, 0.25) is 5.02 Å². The number of amides is 1. The molecule has 1 amide bonds. The van der Waals surface area contributed by atoms with Gasteiger partial charge in [0, 0.05) is 51.2 Å². The van der Waals surface area contributed by atoms with E-state index in [4.69, 9.17) is 11.6 Å². The van der Waals surface area contributed by atoms with Gasteiger partial charge in [-0.1, -0.05) is 32.0 Å². The monoisotopic (exact) mass is 683 g/mol. The molecule has 48 heavy (non-hydrogen) atoms. The lowest BCUT2D eigenvalue weighted by atomic mass is 10.0. The Morgan fingerprint density at radius 1 is 1.15 bits per heavy atom. The molecule has 0 bridgehead atoms. The summed E-state index contributed by atoms with van der Waals surface area (Å²) >= 11 is 6.13. The first kappa shape index (κ1) is 34.6. The van der Waals surface area contributed by atoms with Crippen molar-refractivity contribution in [1.29, 1.82) is 0 Å². The molecule has 0 spiro atoms. The third kappa shape index (κ3) is 6.93. The molecule has 0 saturated carbocycles. The maximum atomic E-state index is 14.3. The number of aryl methyl sites for hydroxylation is 1. The minimum absolute atomic E-state index is 0.000853. The number of aromatic nitrogens is 5. The fourth-order valence-corrected chi connectivity index (χ4v) is 6.17. The molecule has 15 heteroatoms. The third-order valence-electron chi connectivity index (χ3n) is 8.41. The highest BCUT2D eigenvalue weighted by molar-refractivity contribution is 6.33. The first-order chi connectivity index (χ1) is 22.7. The van der Waals surface area contributed by atoms with E-state index in [1.165, 1.54) is 12.5 Å². The lowest BCUT2D eigenvalue weighted by Gasteiger charge is -2.44. The summed E-state index contributed by atoms with van der Waals surface area (Å²) in [6.07, 6.45) is -0.390. The van der Waals surface area contributed by atoms with Crippen molar-refractivity contribution in [3.05, 3.63) is 81.3 Å². The lowest BCUT2D eigenvalue weighted by Crippen LogP contribution is -2.53. The van der Waals surface area contributed by atoms with E-state index in [-0.39, 0.29) is 39.9 Å². The van der Waals surface area contributed by atoms with Crippen molar-refractivity contribution >= 4 is 51.6 Å². The number of carbonyl (C=O) groups excluding carboxylic acids is 1. The molecule has 1 aromatic carbocycles. The number of benzene rings is 1. The molecule has 254 valence electrons. The second-order valence-electron chi connectivity index (χ2n) is 11.8. The zero-order chi connectivity index (χ0) is 34.9. The molecular formula is C33H37ClF3N9O2. The molecule has 5 rings (SSSR count). The highest BCUT2D eigenvalue weighted by atomic mass is 35.5. The lowest BCUT2D eigenvalue weighted by molar-refractivity contribution is -0.137. The van der Waals surface area contributed by atoms with E-state index in [2.05, 4.69) is 43.7 Å². The van der Waals surface area contributed by atoms with Crippen molar-refractivity contribution in [1.82, 2.24) is 29.4 Å². The van der Waals surface area contributed by atoms with Gasteiger partial charge >= 0.3 is 6.18 Å². The Kier molecular flexibility index (Phi) is 9.94. The summed E-state index contributed by atoms with van der Waals surface area (Å²) in [6, 6.07) is 4.62. The van der Waals surface area contributed by atoms with Gasteiger partial charge in [0.1, 0.15) is 24.4 Å². The van der Waals surface area contributed by atoms with Crippen LogP contribution in [-0.2, 0) is 23.9 Å². The zero-order valence-corrected chi connectivity index (χ0v) is 28.2. The minimum atomic E-state index is -4.58. The Balaban J connectivity index is 1.54. The van der Waals surface area contributed by atoms with Gasteiger partial charge in [-0.05, 0) is 44.0 Å². The van der Waals surface area contributed by atoms with Gasteiger partial charge in [-0.25, -0.2) is 19.9 Å². The average Bonchev–Trinajstić information content (AvgIpc) is 3.05. The van der Waals surface area contributed by atoms with Crippen LogP contribution in [0.5, 0.6) is 0 Å². The molecule has 1 N–H and O–H groups in total. The number of hydrogen-bond acceptors (Lipinski definition) is 9. The number of rotatable bonds is 9. The molecule has 4 aromatic rings. The van der Waals surface area contributed by atoms with Crippen molar-refractivity contribution < 1.29 is 18.0 Å². The van der Waals surface area contributed by atoms with E-state index in [1.807, 2.05) is 24.8 Å². The fraction of sp³-hybridized carbons (Fsp3) is 0.394. The predicted octanol–water partition coefficient (Wildman–Crippen LogP) is 5.40. The van der Waals surface area contributed by atoms with E-state index >= 15 is 0 Å². The van der Waals surface area contributed by atoms with Gasteiger partial charge in [0.25, 0.3) is 0 Å². The van der Waals surface area contributed by atoms with Crippen LogP contribution in [0.25, 0.3) is 16.9 Å².